The van der Waals surface area contributed by atoms with E-state index in [2.05, 4.69) is 0 Å². The molecule has 0 saturated carbocycles. The summed E-state index contributed by atoms with van der Waals surface area (Å²) in [6.07, 6.45) is 0.264. The normalized spacial score (nSPS) is 10.6. The van der Waals surface area contributed by atoms with E-state index in [1.807, 2.05) is 12.1 Å². The lowest BCUT2D eigenvalue weighted by Gasteiger charge is -1.89. The topological polar surface area (TPSA) is 63.3 Å². The van der Waals surface area contributed by atoms with Crippen LogP contribution in [-0.2, 0) is 11.2 Å². The van der Waals surface area contributed by atoms with Gasteiger partial charge >= 0.3 is 0 Å². The molecule has 0 aliphatic heterocycles. The van der Waals surface area contributed by atoms with Gasteiger partial charge in [0.05, 0.1) is 6.42 Å². The molecule has 0 unspecified atom stereocenters. The first-order valence-electron chi connectivity index (χ1n) is 4.15. The van der Waals surface area contributed by atoms with Gasteiger partial charge in [-0.05, 0) is 29.7 Å². The molecule has 1 aromatic carbocycles. The van der Waals surface area contributed by atoms with Gasteiger partial charge in [-0.3, -0.25) is 4.79 Å². The van der Waals surface area contributed by atoms with Gasteiger partial charge in [0.1, 0.15) is 5.75 Å². The number of primary amides is 1. The standard InChI is InChI=1S/C10H9NO2S/c11-10(13)5-8-3-6-1-2-7(12)4-9(6)14-8/h1-4,12H,5H2,(H2,11,13). The molecule has 3 nitrogen and oxygen atoms in total. The number of phenols is 1. The van der Waals surface area contributed by atoms with Crippen molar-refractivity contribution in [1.82, 2.24) is 0 Å². The van der Waals surface area contributed by atoms with Crippen molar-refractivity contribution in [2.45, 2.75) is 6.42 Å². The molecule has 2 rings (SSSR count). The summed E-state index contributed by atoms with van der Waals surface area (Å²) in [6.45, 7) is 0. The quantitative estimate of drug-likeness (QED) is 0.786. The molecule has 3 N–H and O–H groups in total. The number of benzene rings is 1. The van der Waals surface area contributed by atoms with Crippen molar-refractivity contribution in [1.29, 1.82) is 0 Å². The highest BCUT2D eigenvalue weighted by Gasteiger charge is 2.04. The lowest BCUT2D eigenvalue weighted by atomic mass is 10.2. The largest absolute Gasteiger partial charge is 0.508 e. The average molecular weight is 207 g/mol. The number of phenolic OH excluding ortho intramolecular Hbond substituents is 1. The van der Waals surface area contributed by atoms with Crippen LogP contribution in [0.4, 0.5) is 0 Å². The van der Waals surface area contributed by atoms with Crippen molar-refractivity contribution in [2.75, 3.05) is 0 Å². The van der Waals surface area contributed by atoms with Gasteiger partial charge < -0.3 is 10.8 Å². The third kappa shape index (κ3) is 1.70. The van der Waals surface area contributed by atoms with Gasteiger partial charge in [0, 0.05) is 9.58 Å². The van der Waals surface area contributed by atoms with E-state index in [1.165, 1.54) is 11.3 Å². The highest BCUT2D eigenvalue weighted by Crippen LogP contribution is 2.28. The van der Waals surface area contributed by atoms with E-state index in [4.69, 9.17) is 5.73 Å². The number of thiophene rings is 1. The van der Waals surface area contributed by atoms with Crippen molar-refractivity contribution < 1.29 is 9.90 Å². The van der Waals surface area contributed by atoms with Crippen LogP contribution in [0.3, 0.4) is 0 Å². The third-order valence-corrected chi connectivity index (χ3v) is 3.00. The molecule has 14 heavy (non-hydrogen) atoms. The SMILES string of the molecule is NC(=O)Cc1cc2ccc(O)cc2s1. The first-order valence-corrected chi connectivity index (χ1v) is 4.96. The van der Waals surface area contributed by atoms with Gasteiger partial charge in [-0.15, -0.1) is 11.3 Å². The van der Waals surface area contributed by atoms with Crippen LogP contribution in [0.1, 0.15) is 4.88 Å². The number of amides is 1. The Morgan fingerprint density at radius 1 is 1.43 bits per heavy atom. The van der Waals surface area contributed by atoms with Crippen LogP contribution in [0.2, 0.25) is 0 Å². The highest BCUT2D eigenvalue weighted by molar-refractivity contribution is 7.19. The number of carbonyl (C=O) groups is 1. The van der Waals surface area contributed by atoms with Crippen LogP contribution >= 0.6 is 11.3 Å². The van der Waals surface area contributed by atoms with E-state index in [0.29, 0.717) is 0 Å². The molecule has 0 spiro atoms. The number of nitrogens with two attached hydrogens (primary N) is 1. The Morgan fingerprint density at radius 2 is 2.21 bits per heavy atom. The molecule has 72 valence electrons. The first kappa shape index (κ1) is 9.02. The van der Waals surface area contributed by atoms with Crippen molar-refractivity contribution in [3.05, 3.63) is 29.1 Å². The van der Waals surface area contributed by atoms with Gasteiger partial charge in [0.15, 0.2) is 0 Å². The highest BCUT2D eigenvalue weighted by atomic mass is 32.1. The zero-order valence-electron chi connectivity index (χ0n) is 7.36. The Hall–Kier alpha value is -1.55. The van der Waals surface area contributed by atoms with Gasteiger partial charge in [-0.2, -0.15) is 0 Å². The molecule has 0 aliphatic rings. The lowest BCUT2D eigenvalue weighted by molar-refractivity contribution is -0.117. The van der Waals surface area contributed by atoms with Crippen LogP contribution in [0.5, 0.6) is 5.75 Å². The monoisotopic (exact) mass is 207 g/mol. The molecule has 4 heteroatoms. The van der Waals surface area contributed by atoms with Crippen molar-refractivity contribution >= 4 is 27.3 Å². The number of carbonyl (C=O) groups excluding carboxylic acids is 1. The second kappa shape index (κ2) is 3.31. The molecule has 1 aromatic heterocycles. The van der Waals surface area contributed by atoms with Crippen LogP contribution in [0.15, 0.2) is 24.3 Å². The van der Waals surface area contributed by atoms with Crippen molar-refractivity contribution in [3.63, 3.8) is 0 Å². The minimum absolute atomic E-state index is 0.241. The summed E-state index contributed by atoms with van der Waals surface area (Å²) < 4.78 is 0.973. The van der Waals surface area contributed by atoms with Crippen molar-refractivity contribution in [2.24, 2.45) is 5.73 Å². The van der Waals surface area contributed by atoms with Gasteiger partial charge in [0.2, 0.25) is 5.91 Å². The molecule has 0 bridgehead atoms. The Bertz CT molecular complexity index is 490. The van der Waals surface area contributed by atoms with E-state index in [9.17, 15) is 9.90 Å². The summed E-state index contributed by atoms with van der Waals surface area (Å²) >= 11 is 1.48. The molecule has 0 atom stereocenters. The van der Waals surface area contributed by atoms with E-state index in [-0.39, 0.29) is 18.1 Å². The molecule has 1 heterocycles. The van der Waals surface area contributed by atoms with Gasteiger partial charge in [-0.25, -0.2) is 0 Å². The number of rotatable bonds is 2. The number of fused-ring (bicyclic) bond motifs is 1. The summed E-state index contributed by atoms with van der Waals surface area (Å²) in [5, 5.41) is 10.3. The second-order valence-electron chi connectivity index (χ2n) is 3.08. The zero-order chi connectivity index (χ0) is 10.1. The van der Waals surface area contributed by atoms with Crippen LogP contribution in [0.25, 0.3) is 10.1 Å². The van der Waals surface area contributed by atoms with Crippen molar-refractivity contribution in [3.8, 4) is 5.75 Å². The third-order valence-electron chi connectivity index (χ3n) is 1.90. The van der Waals surface area contributed by atoms with Crippen LogP contribution < -0.4 is 5.73 Å². The Kier molecular flexibility index (Phi) is 2.13. The summed E-state index contributed by atoms with van der Waals surface area (Å²) in [6, 6.07) is 7.06. The summed E-state index contributed by atoms with van der Waals surface area (Å²) in [5.74, 6) is -0.0919. The first-order chi connectivity index (χ1) is 6.65. The summed E-state index contributed by atoms with van der Waals surface area (Å²) in [5.41, 5.74) is 5.09. The molecule has 0 aliphatic carbocycles. The van der Waals surface area contributed by atoms with E-state index in [1.54, 1.807) is 12.1 Å². The summed E-state index contributed by atoms with van der Waals surface area (Å²) in [7, 11) is 0. The molecule has 2 aromatic rings. The maximum atomic E-state index is 10.7. The van der Waals surface area contributed by atoms with Crippen LogP contribution in [0, 0.1) is 0 Å². The fourth-order valence-electron chi connectivity index (χ4n) is 1.33. The molecule has 1 amide bonds. The van der Waals surface area contributed by atoms with E-state index < -0.39 is 0 Å². The minimum atomic E-state index is -0.333. The Balaban J connectivity index is 2.46. The van der Waals surface area contributed by atoms with E-state index in [0.717, 1.165) is 15.0 Å². The zero-order valence-corrected chi connectivity index (χ0v) is 8.17. The fraction of sp³-hybridized carbons (Fsp3) is 0.100. The minimum Gasteiger partial charge on any atom is -0.508 e. The second-order valence-corrected chi connectivity index (χ2v) is 4.25. The number of aromatic hydroxyl groups is 1. The summed E-state index contributed by atoms with van der Waals surface area (Å²) in [4.78, 5) is 11.6. The Labute approximate surface area is 84.8 Å². The molecule has 0 saturated heterocycles. The molecule has 0 radical (unpaired) electrons. The number of hydrogen-bond acceptors (Lipinski definition) is 3. The van der Waals surface area contributed by atoms with Gasteiger partial charge in [-0.1, -0.05) is 0 Å². The Morgan fingerprint density at radius 3 is 2.93 bits per heavy atom. The maximum absolute atomic E-state index is 10.7. The molecule has 0 fully saturated rings. The van der Waals surface area contributed by atoms with Gasteiger partial charge in [0.25, 0.3) is 0 Å². The lowest BCUT2D eigenvalue weighted by Crippen LogP contribution is -2.12. The predicted molar refractivity (Wildman–Crippen MR) is 56.4 cm³/mol. The van der Waals surface area contributed by atoms with Crippen LogP contribution in [-0.4, -0.2) is 11.0 Å². The maximum Gasteiger partial charge on any atom is 0.222 e. The smallest absolute Gasteiger partial charge is 0.222 e. The average Bonchev–Trinajstić information content (AvgIpc) is 2.44. The fourth-order valence-corrected chi connectivity index (χ4v) is 2.44. The molecular weight excluding hydrogens is 198 g/mol. The van der Waals surface area contributed by atoms with E-state index >= 15 is 0 Å². The predicted octanol–water partition coefficient (Wildman–Crippen LogP) is 1.63. The molecular formula is C10H9NO2S. The number of hydrogen-bond donors (Lipinski definition) is 2.